The summed E-state index contributed by atoms with van der Waals surface area (Å²) in [5.74, 6) is 0.966. The second kappa shape index (κ2) is 7.42. The highest BCUT2D eigenvalue weighted by Gasteiger charge is 2.23. The summed E-state index contributed by atoms with van der Waals surface area (Å²) in [6, 6.07) is 22.0. The minimum absolute atomic E-state index is 0.664. The topological polar surface area (TPSA) is 9.23 Å². The number of hydrogen-bond acceptors (Lipinski definition) is 1. The van der Waals surface area contributed by atoms with Gasteiger partial charge in [-0.15, -0.1) is 0 Å². The molecule has 1 nitrogen and oxygen atoms in total. The van der Waals surface area contributed by atoms with Gasteiger partial charge in [-0.2, -0.15) is 0 Å². The van der Waals surface area contributed by atoms with Gasteiger partial charge in [-0.1, -0.05) is 65.7 Å². The first-order valence-corrected chi connectivity index (χ1v) is 9.93. The molecule has 128 valence electrons. The summed E-state index contributed by atoms with van der Waals surface area (Å²) < 4.78 is 5.71. The minimum atomic E-state index is -0.664. The van der Waals surface area contributed by atoms with E-state index in [-0.39, 0.29) is 0 Å². The molecule has 0 bridgehead atoms. The fraction of sp³-hybridized carbons (Fsp3) is 0.217. The van der Waals surface area contributed by atoms with Gasteiger partial charge in [-0.05, 0) is 63.4 Å². The number of benzene rings is 3. The lowest BCUT2D eigenvalue weighted by Gasteiger charge is -2.25. The van der Waals surface area contributed by atoms with Crippen LogP contribution < -0.4 is 20.7 Å². The lowest BCUT2D eigenvalue weighted by atomic mass is 10.1. The van der Waals surface area contributed by atoms with E-state index in [2.05, 4.69) is 82.3 Å². The molecule has 0 saturated carbocycles. The van der Waals surface area contributed by atoms with E-state index in [4.69, 9.17) is 4.74 Å². The highest BCUT2D eigenvalue weighted by molar-refractivity contribution is 7.80. The van der Waals surface area contributed by atoms with Crippen LogP contribution in [0.15, 0.2) is 60.7 Å². The fourth-order valence-electron chi connectivity index (χ4n) is 3.32. The highest BCUT2D eigenvalue weighted by atomic mass is 31.1. The molecule has 0 aromatic heterocycles. The lowest BCUT2D eigenvalue weighted by Crippen LogP contribution is -2.25. The Labute approximate surface area is 152 Å². The van der Waals surface area contributed by atoms with Crippen LogP contribution in [0.1, 0.15) is 22.3 Å². The Bertz CT molecular complexity index is 847. The molecule has 0 unspecified atom stereocenters. The van der Waals surface area contributed by atoms with Gasteiger partial charge in [0.15, 0.2) is 0 Å². The maximum Gasteiger partial charge on any atom is 0.127 e. The molecule has 3 aromatic carbocycles. The summed E-state index contributed by atoms with van der Waals surface area (Å²) >= 11 is 0. The average Bonchev–Trinajstić information content (AvgIpc) is 2.59. The Kier molecular flexibility index (Phi) is 5.25. The van der Waals surface area contributed by atoms with E-state index in [9.17, 15) is 0 Å². The molecule has 0 heterocycles. The van der Waals surface area contributed by atoms with E-state index in [0.29, 0.717) is 0 Å². The third kappa shape index (κ3) is 3.62. The third-order valence-electron chi connectivity index (χ3n) is 4.51. The Hall–Kier alpha value is -2.11. The molecule has 0 saturated heterocycles. The predicted octanol–water partition coefficient (Wildman–Crippen LogP) is 4.69. The van der Waals surface area contributed by atoms with Crippen molar-refractivity contribution < 1.29 is 4.74 Å². The first-order chi connectivity index (χ1) is 12.0. The standard InChI is InChI=1S/C23H25OP/c1-16-10-12-21(18(3)14-16)25(22-13-11-17(2)15-19(22)4)23-9-7-6-8-20(23)24-5/h6-15H,1-5H3. The number of rotatable bonds is 4. The predicted molar refractivity (Wildman–Crippen MR) is 111 cm³/mol. The zero-order valence-electron chi connectivity index (χ0n) is 15.6. The molecule has 2 heteroatoms. The monoisotopic (exact) mass is 348 g/mol. The molecule has 0 radical (unpaired) electrons. The molecule has 3 rings (SSSR count). The largest absolute Gasteiger partial charge is 0.496 e. The van der Waals surface area contributed by atoms with E-state index in [1.165, 1.54) is 38.2 Å². The summed E-state index contributed by atoms with van der Waals surface area (Å²) in [7, 11) is 1.10. The smallest absolute Gasteiger partial charge is 0.127 e. The minimum Gasteiger partial charge on any atom is -0.496 e. The van der Waals surface area contributed by atoms with Crippen molar-refractivity contribution in [2.75, 3.05) is 7.11 Å². The number of hydrogen-bond donors (Lipinski definition) is 0. The maximum atomic E-state index is 5.71. The number of ether oxygens (including phenoxy) is 1. The fourth-order valence-corrected chi connectivity index (χ4v) is 6.00. The summed E-state index contributed by atoms with van der Waals surface area (Å²) in [5.41, 5.74) is 5.29. The zero-order chi connectivity index (χ0) is 18.0. The Morgan fingerprint density at radius 3 is 1.64 bits per heavy atom. The summed E-state index contributed by atoms with van der Waals surface area (Å²) in [6.45, 7) is 8.74. The molecule has 0 aliphatic rings. The van der Waals surface area contributed by atoms with Gasteiger partial charge in [-0.25, -0.2) is 0 Å². The molecule has 3 aromatic rings. The lowest BCUT2D eigenvalue weighted by molar-refractivity contribution is 0.418. The molecular formula is C23H25OP. The summed E-state index contributed by atoms with van der Waals surface area (Å²) in [5, 5.41) is 4.08. The van der Waals surface area contributed by atoms with Crippen molar-refractivity contribution in [3.63, 3.8) is 0 Å². The Balaban J connectivity index is 2.28. The number of para-hydroxylation sites is 1. The van der Waals surface area contributed by atoms with Crippen molar-refractivity contribution in [2.24, 2.45) is 0 Å². The molecule has 0 N–H and O–H groups in total. The number of methoxy groups -OCH3 is 1. The van der Waals surface area contributed by atoms with E-state index in [1.807, 2.05) is 6.07 Å². The first-order valence-electron chi connectivity index (χ1n) is 8.59. The van der Waals surface area contributed by atoms with Crippen LogP contribution in [0.2, 0.25) is 0 Å². The van der Waals surface area contributed by atoms with Crippen molar-refractivity contribution in [1.29, 1.82) is 0 Å². The highest BCUT2D eigenvalue weighted by Crippen LogP contribution is 2.38. The summed E-state index contributed by atoms with van der Waals surface area (Å²) in [6.07, 6.45) is 0. The average molecular weight is 348 g/mol. The quantitative estimate of drug-likeness (QED) is 0.622. The third-order valence-corrected chi connectivity index (χ3v) is 7.33. The van der Waals surface area contributed by atoms with E-state index in [0.717, 1.165) is 5.75 Å². The van der Waals surface area contributed by atoms with E-state index < -0.39 is 7.92 Å². The van der Waals surface area contributed by atoms with Gasteiger partial charge < -0.3 is 4.74 Å². The molecule has 0 fully saturated rings. The molecule has 0 amide bonds. The first kappa shape index (κ1) is 17.7. The van der Waals surface area contributed by atoms with Gasteiger partial charge in [0.25, 0.3) is 0 Å². The van der Waals surface area contributed by atoms with Gasteiger partial charge >= 0.3 is 0 Å². The molecular weight excluding hydrogens is 323 g/mol. The number of aryl methyl sites for hydroxylation is 4. The Morgan fingerprint density at radius 1 is 0.640 bits per heavy atom. The second-order valence-electron chi connectivity index (χ2n) is 6.59. The van der Waals surface area contributed by atoms with Crippen LogP contribution in [-0.4, -0.2) is 7.11 Å². The SMILES string of the molecule is COc1ccccc1P(c1ccc(C)cc1C)c1ccc(C)cc1C. The van der Waals surface area contributed by atoms with Gasteiger partial charge in [0.05, 0.1) is 7.11 Å². The van der Waals surface area contributed by atoms with Crippen LogP contribution >= 0.6 is 7.92 Å². The maximum absolute atomic E-state index is 5.71. The van der Waals surface area contributed by atoms with Gasteiger partial charge in [0.2, 0.25) is 0 Å². The van der Waals surface area contributed by atoms with Crippen molar-refractivity contribution >= 4 is 23.8 Å². The summed E-state index contributed by atoms with van der Waals surface area (Å²) in [4.78, 5) is 0. The van der Waals surface area contributed by atoms with Gasteiger partial charge in [0, 0.05) is 5.30 Å². The van der Waals surface area contributed by atoms with Crippen molar-refractivity contribution in [2.45, 2.75) is 27.7 Å². The van der Waals surface area contributed by atoms with E-state index >= 15 is 0 Å². The van der Waals surface area contributed by atoms with Gasteiger partial charge in [-0.3, -0.25) is 0 Å². The molecule has 0 aliphatic carbocycles. The molecule has 0 atom stereocenters. The normalized spacial score (nSPS) is 11.0. The van der Waals surface area contributed by atoms with Crippen molar-refractivity contribution in [3.05, 3.63) is 82.9 Å². The van der Waals surface area contributed by atoms with Crippen LogP contribution in [0.5, 0.6) is 5.75 Å². The zero-order valence-corrected chi connectivity index (χ0v) is 16.5. The molecule has 0 aliphatic heterocycles. The van der Waals surface area contributed by atoms with Gasteiger partial charge in [0.1, 0.15) is 5.75 Å². The van der Waals surface area contributed by atoms with Crippen molar-refractivity contribution in [3.8, 4) is 5.75 Å². The van der Waals surface area contributed by atoms with Crippen LogP contribution in [0.3, 0.4) is 0 Å². The molecule has 0 spiro atoms. The molecule has 25 heavy (non-hydrogen) atoms. The van der Waals surface area contributed by atoms with Crippen LogP contribution in [0.25, 0.3) is 0 Å². The van der Waals surface area contributed by atoms with Crippen molar-refractivity contribution in [1.82, 2.24) is 0 Å². The van der Waals surface area contributed by atoms with E-state index in [1.54, 1.807) is 7.11 Å². The van der Waals surface area contributed by atoms with Crippen LogP contribution in [0.4, 0.5) is 0 Å². The van der Waals surface area contributed by atoms with Crippen LogP contribution in [0, 0.1) is 27.7 Å². The van der Waals surface area contributed by atoms with Crippen LogP contribution in [-0.2, 0) is 0 Å². The second-order valence-corrected chi connectivity index (χ2v) is 8.70. The Morgan fingerprint density at radius 2 is 1.16 bits per heavy atom.